The van der Waals surface area contributed by atoms with Crippen molar-refractivity contribution in [2.75, 3.05) is 6.54 Å². The van der Waals surface area contributed by atoms with Crippen LogP contribution in [-0.2, 0) is 6.54 Å². The van der Waals surface area contributed by atoms with Gasteiger partial charge in [0.15, 0.2) is 0 Å². The molecule has 0 heterocycles. The van der Waals surface area contributed by atoms with Gasteiger partial charge in [0.1, 0.15) is 0 Å². The average molecular weight is 188 g/mol. The lowest BCUT2D eigenvalue weighted by atomic mass is 10.1. The van der Waals surface area contributed by atoms with Gasteiger partial charge >= 0.3 is 0 Å². The predicted octanol–water partition coefficient (Wildman–Crippen LogP) is 2.30. The minimum atomic E-state index is 0.643. The van der Waals surface area contributed by atoms with E-state index in [4.69, 9.17) is 5.26 Å². The number of hydrogen-bond acceptors (Lipinski definition) is 2. The van der Waals surface area contributed by atoms with Crippen LogP contribution in [0.25, 0.3) is 0 Å². The Balaban J connectivity index is 2.54. The Bertz CT molecular complexity index is 323. The van der Waals surface area contributed by atoms with E-state index in [1.54, 1.807) is 0 Å². The maximum absolute atomic E-state index is 8.85. The van der Waals surface area contributed by atoms with E-state index in [1.165, 1.54) is 0 Å². The molecule has 0 amide bonds. The molecule has 14 heavy (non-hydrogen) atoms. The molecular weight excluding hydrogens is 172 g/mol. The standard InChI is InChI=1S/C12H16N2/c1-10(2)8-14-9-12-6-4-3-5-11(12)7-13/h3-6,10,14H,8-9H2,1-2H3. The maximum Gasteiger partial charge on any atom is 0.0995 e. The van der Waals surface area contributed by atoms with Crippen molar-refractivity contribution < 1.29 is 0 Å². The topological polar surface area (TPSA) is 35.8 Å². The van der Waals surface area contributed by atoms with Gasteiger partial charge in [-0.05, 0) is 24.1 Å². The molecule has 2 nitrogen and oxygen atoms in total. The lowest BCUT2D eigenvalue weighted by molar-refractivity contribution is 0.552. The van der Waals surface area contributed by atoms with Crippen LogP contribution >= 0.6 is 0 Å². The van der Waals surface area contributed by atoms with Crippen LogP contribution in [0, 0.1) is 17.2 Å². The van der Waals surface area contributed by atoms with Crippen LogP contribution in [0.3, 0.4) is 0 Å². The molecule has 0 aromatic heterocycles. The summed E-state index contributed by atoms with van der Waals surface area (Å²) in [6, 6.07) is 9.90. The molecule has 1 rings (SSSR count). The van der Waals surface area contributed by atoms with Gasteiger partial charge in [0.25, 0.3) is 0 Å². The maximum atomic E-state index is 8.85. The van der Waals surface area contributed by atoms with Crippen molar-refractivity contribution in [3.63, 3.8) is 0 Å². The zero-order chi connectivity index (χ0) is 10.4. The summed E-state index contributed by atoms with van der Waals surface area (Å²) in [5, 5.41) is 12.2. The van der Waals surface area contributed by atoms with Crippen molar-refractivity contribution in [1.82, 2.24) is 5.32 Å². The zero-order valence-corrected chi connectivity index (χ0v) is 8.75. The molecule has 2 heteroatoms. The molecule has 0 fully saturated rings. The molecule has 0 unspecified atom stereocenters. The van der Waals surface area contributed by atoms with Gasteiger partial charge in [-0.15, -0.1) is 0 Å². The van der Waals surface area contributed by atoms with E-state index in [0.29, 0.717) is 5.92 Å². The number of benzene rings is 1. The van der Waals surface area contributed by atoms with Gasteiger partial charge in [-0.3, -0.25) is 0 Å². The third-order valence-corrected chi connectivity index (χ3v) is 2.01. The first-order valence-corrected chi connectivity index (χ1v) is 4.92. The molecule has 0 atom stereocenters. The van der Waals surface area contributed by atoms with E-state index in [2.05, 4.69) is 25.2 Å². The van der Waals surface area contributed by atoms with E-state index in [0.717, 1.165) is 24.2 Å². The summed E-state index contributed by atoms with van der Waals surface area (Å²) in [5.41, 5.74) is 1.85. The number of nitriles is 1. The predicted molar refractivity (Wildman–Crippen MR) is 57.7 cm³/mol. The SMILES string of the molecule is CC(C)CNCc1ccccc1C#N. The van der Waals surface area contributed by atoms with Crippen LogP contribution in [0.2, 0.25) is 0 Å². The van der Waals surface area contributed by atoms with Crippen molar-refractivity contribution in [3.05, 3.63) is 35.4 Å². The second kappa shape index (κ2) is 5.41. The molecular formula is C12H16N2. The van der Waals surface area contributed by atoms with Crippen LogP contribution in [-0.4, -0.2) is 6.54 Å². The van der Waals surface area contributed by atoms with Gasteiger partial charge < -0.3 is 5.32 Å². The van der Waals surface area contributed by atoms with Crippen LogP contribution in [0.5, 0.6) is 0 Å². The summed E-state index contributed by atoms with van der Waals surface area (Å²) in [6.45, 7) is 6.11. The molecule has 0 saturated carbocycles. The van der Waals surface area contributed by atoms with Crippen molar-refractivity contribution in [2.45, 2.75) is 20.4 Å². The minimum Gasteiger partial charge on any atom is -0.312 e. The van der Waals surface area contributed by atoms with Crippen LogP contribution in [0.15, 0.2) is 24.3 Å². The van der Waals surface area contributed by atoms with Crippen molar-refractivity contribution >= 4 is 0 Å². The average Bonchev–Trinajstić information content (AvgIpc) is 2.18. The molecule has 1 N–H and O–H groups in total. The number of rotatable bonds is 4. The lowest BCUT2D eigenvalue weighted by Gasteiger charge is -2.08. The van der Waals surface area contributed by atoms with Gasteiger partial charge in [-0.2, -0.15) is 5.26 Å². The molecule has 1 aromatic rings. The Hall–Kier alpha value is -1.33. The first-order valence-electron chi connectivity index (χ1n) is 4.92. The number of hydrogen-bond donors (Lipinski definition) is 1. The fourth-order valence-electron chi connectivity index (χ4n) is 1.28. The van der Waals surface area contributed by atoms with Gasteiger partial charge in [-0.1, -0.05) is 32.0 Å². The van der Waals surface area contributed by atoms with Crippen molar-refractivity contribution in [2.24, 2.45) is 5.92 Å². The normalized spacial score (nSPS) is 10.1. The second-order valence-corrected chi connectivity index (χ2v) is 3.79. The highest BCUT2D eigenvalue weighted by molar-refractivity contribution is 5.37. The largest absolute Gasteiger partial charge is 0.312 e. The van der Waals surface area contributed by atoms with Crippen molar-refractivity contribution in [1.29, 1.82) is 5.26 Å². The molecule has 0 bridgehead atoms. The van der Waals surface area contributed by atoms with Gasteiger partial charge in [0, 0.05) is 6.54 Å². The zero-order valence-electron chi connectivity index (χ0n) is 8.75. The second-order valence-electron chi connectivity index (χ2n) is 3.79. The molecule has 0 spiro atoms. The summed E-state index contributed by atoms with van der Waals surface area (Å²) < 4.78 is 0. The Morgan fingerprint density at radius 3 is 2.71 bits per heavy atom. The third kappa shape index (κ3) is 3.20. The molecule has 0 saturated heterocycles. The highest BCUT2D eigenvalue weighted by Gasteiger charge is 2.00. The van der Waals surface area contributed by atoms with E-state index in [-0.39, 0.29) is 0 Å². The third-order valence-electron chi connectivity index (χ3n) is 2.01. The summed E-state index contributed by atoms with van der Waals surface area (Å²) in [7, 11) is 0. The number of nitrogens with one attached hydrogen (secondary N) is 1. The molecule has 0 aliphatic carbocycles. The Morgan fingerprint density at radius 2 is 2.07 bits per heavy atom. The van der Waals surface area contributed by atoms with Crippen LogP contribution < -0.4 is 5.32 Å². The Kier molecular flexibility index (Phi) is 4.15. The van der Waals surface area contributed by atoms with Crippen LogP contribution in [0.4, 0.5) is 0 Å². The summed E-state index contributed by atoms with van der Waals surface area (Å²) in [4.78, 5) is 0. The molecule has 0 aliphatic rings. The smallest absolute Gasteiger partial charge is 0.0995 e. The fraction of sp³-hybridized carbons (Fsp3) is 0.417. The summed E-state index contributed by atoms with van der Waals surface area (Å²) in [5.74, 6) is 0.643. The molecule has 74 valence electrons. The van der Waals surface area contributed by atoms with E-state index in [9.17, 15) is 0 Å². The molecule has 0 aliphatic heterocycles. The number of nitrogens with zero attached hydrogens (tertiary/aromatic N) is 1. The molecule has 0 radical (unpaired) electrons. The summed E-state index contributed by atoms with van der Waals surface area (Å²) >= 11 is 0. The highest BCUT2D eigenvalue weighted by atomic mass is 14.8. The minimum absolute atomic E-state index is 0.643. The summed E-state index contributed by atoms with van der Waals surface area (Å²) in [6.07, 6.45) is 0. The monoisotopic (exact) mass is 188 g/mol. The van der Waals surface area contributed by atoms with E-state index in [1.807, 2.05) is 24.3 Å². The highest BCUT2D eigenvalue weighted by Crippen LogP contribution is 2.06. The first-order chi connectivity index (χ1) is 6.74. The van der Waals surface area contributed by atoms with Gasteiger partial charge in [0.05, 0.1) is 11.6 Å². The first kappa shape index (κ1) is 10.7. The van der Waals surface area contributed by atoms with E-state index < -0.39 is 0 Å². The quantitative estimate of drug-likeness (QED) is 0.787. The lowest BCUT2D eigenvalue weighted by Crippen LogP contribution is -2.19. The van der Waals surface area contributed by atoms with Crippen LogP contribution in [0.1, 0.15) is 25.0 Å². The Morgan fingerprint density at radius 1 is 1.36 bits per heavy atom. The van der Waals surface area contributed by atoms with Gasteiger partial charge in [-0.25, -0.2) is 0 Å². The van der Waals surface area contributed by atoms with Gasteiger partial charge in [0.2, 0.25) is 0 Å². The Labute approximate surface area is 85.6 Å². The fourth-order valence-corrected chi connectivity index (χ4v) is 1.28. The van der Waals surface area contributed by atoms with Crippen molar-refractivity contribution in [3.8, 4) is 6.07 Å². The molecule has 1 aromatic carbocycles. The van der Waals surface area contributed by atoms with E-state index >= 15 is 0 Å².